The molecular weight excluding hydrogens is 336 g/mol. The lowest BCUT2D eigenvalue weighted by Crippen LogP contribution is -2.19. The van der Waals surface area contributed by atoms with Gasteiger partial charge in [0, 0.05) is 5.25 Å². The fourth-order valence-corrected chi connectivity index (χ4v) is 4.88. The highest BCUT2D eigenvalue weighted by atomic mass is 32.2. The van der Waals surface area contributed by atoms with Crippen molar-refractivity contribution in [3.8, 4) is 0 Å². The highest BCUT2D eigenvalue weighted by Gasteiger charge is 2.14. The van der Waals surface area contributed by atoms with Crippen molar-refractivity contribution in [1.82, 2.24) is 0 Å². The molecule has 158 valence electrons. The maximum Gasteiger partial charge on any atom is 0.0630 e. The second kappa shape index (κ2) is 21.6. The molecule has 1 nitrogen and oxygen atoms in total. The van der Waals surface area contributed by atoms with E-state index in [4.69, 9.17) is 0 Å². The Morgan fingerprint density at radius 2 is 0.962 bits per heavy atom. The Bertz CT molecular complexity index is 255. The van der Waals surface area contributed by atoms with Crippen LogP contribution >= 0.6 is 11.8 Å². The van der Waals surface area contributed by atoms with Gasteiger partial charge in [0.2, 0.25) is 0 Å². The molecule has 0 aromatic rings. The van der Waals surface area contributed by atoms with E-state index >= 15 is 0 Å². The van der Waals surface area contributed by atoms with Crippen molar-refractivity contribution in [1.29, 1.82) is 0 Å². The molecule has 0 aliphatic heterocycles. The molecule has 0 saturated heterocycles. The molecule has 2 unspecified atom stereocenters. The minimum absolute atomic E-state index is 0.150. The summed E-state index contributed by atoms with van der Waals surface area (Å²) in [6.45, 7) is 6.53. The summed E-state index contributed by atoms with van der Waals surface area (Å²) in [6, 6.07) is 0. The maximum absolute atomic E-state index is 9.99. The first-order chi connectivity index (χ1) is 12.7. The molecule has 0 aliphatic rings. The van der Waals surface area contributed by atoms with Crippen LogP contribution in [0.25, 0.3) is 0 Å². The zero-order chi connectivity index (χ0) is 19.3. The highest BCUT2D eigenvalue weighted by molar-refractivity contribution is 7.99. The van der Waals surface area contributed by atoms with Crippen LogP contribution in [0.3, 0.4) is 0 Å². The average molecular weight is 387 g/mol. The molecule has 1 N–H and O–H groups in total. The second-order valence-corrected chi connectivity index (χ2v) is 9.59. The molecule has 0 radical (unpaired) electrons. The molecule has 0 heterocycles. The van der Waals surface area contributed by atoms with Crippen molar-refractivity contribution in [3.05, 3.63) is 0 Å². The molecule has 0 spiro atoms. The molecule has 0 saturated carbocycles. The van der Waals surface area contributed by atoms with Crippen LogP contribution in [0.4, 0.5) is 0 Å². The maximum atomic E-state index is 9.99. The Kier molecular flexibility index (Phi) is 21.9. The molecule has 0 fully saturated rings. The summed E-state index contributed by atoms with van der Waals surface area (Å²) in [4.78, 5) is 0. The number of hydrogen-bond acceptors (Lipinski definition) is 2. The largest absolute Gasteiger partial charge is 0.392 e. The lowest BCUT2D eigenvalue weighted by atomic mass is 10.1. The van der Waals surface area contributed by atoms with Crippen molar-refractivity contribution in [2.24, 2.45) is 0 Å². The van der Waals surface area contributed by atoms with Crippen LogP contribution in [-0.4, -0.2) is 22.2 Å². The van der Waals surface area contributed by atoms with Gasteiger partial charge in [-0.1, -0.05) is 117 Å². The number of hydrogen-bond donors (Lipinski definition) is 1. The summed E-state index contributed by atoms with van der Waals surface area (Å²) in [5.41, 5.74) is 0. The predicted molar refractivity (Wildman–Crippen MR) is 122 cm³/mol. The van der Waals surface area contributed by atoms with E-state index in [-0.39, 0.29) is 6.10 Å². The third-order valence-electron chi connectivity index (χ3n) is 5.46. The Balaban J connectivity index is 3.36. The molecular formula is C24H50OS. The summed E-state index contributed by atoms with van der Waals surface area (Å²) in [5.74, 6) is 1.24. The highest BCUT2D eigenvalue weighted by Crippen LogP contribution is 2.23. The Morgan fingerprint density at radius 1 is 0.577 bits per heavy atom. The van der Waals surface area contributed by atoms with Gasteiger partial charge in [-0.15, -0.1) is 0 Å². The third kappa shape index (κ3) is 19.1. The monoisotopic (exact) mass is 386 g/mol. The fraction of sp³-hybridized carbons (Fsp3) is 1.00. The van der Waals surface area contributed by atoms with E-state index in [1.807, 2.05) is 18.7 Å². The number of aliphatic hydroxyl groups is 1. The van der Waals surface area contributed by atoms with Crippen molar-refractivity contribution < 1.29 is 5.11 Å². The van der Waals surface area contributed by atoms with Crippen LogP contribution < -0.4 is 0 Å². The first-order valence-electron chi connectivity index (χ1n) is 12.0. The first kappa shape index (κ1) is 26.3. The summed E-state index contributed by atoms with van der Waals surface area (Å²) < 4.78 is 0. The van der Waals surface area contributed by atoms with Gasteiger partial charge in [-0.25, -0.2) is 0 Å². The minimum Gasteiger partial charge on any atom is -0.392 e. The van der Waals surface area contributed by atoms with Crippen LogP contribution in [-0.2, 0) is 0 Å². The predicted octanol–water partition coefficient (Wildman–Crippen LogP) is 8.53. The molecule has 26 heavy (non-hydrogen) atoms. The fourth-order valence-electron chi connectivity index (χ4n) is 3.59. The van der Waals surface area contributed by atoms with Gasteiger partial charge in [0.25, 0.3) is 0 Å². The van der Waals surface area contributed by atoms with E-state index in [0.717, 1.165) is 0 Å². The number of thioether (sulfide) groups is 1. The van der Waals surface area contributed by atoms with Gasteiger partial charge >= 0.3 is 0 Å². The van der Waals surface area contributed by atoms with Crippen LogP contribution in [0.1, 0.15) is 136 Å². The van der Waals surface area contributed by atoms with E-state index in [9.17, 15) is 5.11 Å². The Labute approximate surface area is 170 Å². The summed E-state index contributed by atoms with van der Waals surface area (Å²) >= 11 is 2.02. The van der Waals surface area contributed by atoms with Gasteiger partial charge in [-0.3, -0.25) is 0 Å². The molecule has 0 rings (SSSR count). The third-order valence-corrected chi connectivity index (χ3v) is 7.04. The van der Waals surface area contributed by atoms with Gasteiger partial charge in [-0.2, -0.15) is 11.8 Å². The van der Waals surface area contributed by atoms with E-state index in [1.54, 1.807) is 0 Å². The SMILES string of the molecule is CCCCCCCCCCCCCCSC(CCCCCCC)C(C)O. The number of rotatable bonds is 21. The molecule has 0 bridgehead atoms. The molecule has 0 amide bonds. The topological polar surface area (TPSA) is 20.2 Å². The van der Waals surface area contributed by atoms with Gasteiger partial charge in [0.1, 0.15) is 0 Å². The first-order valence-corrected chi connectivity index (χ1v) is 13.1. The normalized spacial score (nSPS) is 13.8. The number of unbranched alkanes of at least 4 members (excludes halogenated alkanes) is 15. The molecule has 0 aromatic carbocycles. The average Bonchev–Trinajstić information content (AvgIpc) is 2.63. The second-order valence-electron chi connectivity index (χ2n) is 8.24. The van der Waals surface area contributed by atoms with Crippen LogP contribution in [0.2, 0.25) is 0 Å². The van der Waals surface area contributed by atoms with Crippen molar-refractivity contribution in [2.75, 3.05) is 5.75 Å². The Hall–Kier alpha value is 0.310. The van der Waals surface area contributed by atoms with Crippen LogP contribution in [0, 0.1) is 0 Å². The zero-order valence-electron chi connectivity index (χ0n) is 18.4. The van der Waals surface area contributed by atoms with E-state index in [2.05, 4.69) is 13.8 Å². The van der Waals surface area contributed by atoms with Crippen molar-refractivity contribution in [3.63, 3.8) is 0 Å². The van der Waals surface area contributed by atoms with E-state index in [0.29, 0.717) is 5.25 Å². The smallest absolute Gasteiger partial charge is 0.0630 e. The van der Waals surface area contributed by atoms with Gasteiger partial charge in [0.05, 0.1) is 6.10 Å². The zero-order valence-corrected chi connectivity index (χ0v) is 19.3. The standard InChI is InChI=1S/C24H50OS/c1-4-6-8-10-11-12-13-14-15-16-18-20-22-26-24(23(3)25)21-19-17-9-7-5-2/h23-25H,4-22H2,1-3H3. The lowest BCUT2D eigenvalue weighted by molar-refractivity contribution is 0.186. The lowest BCUT2D eigenvalue weighted by Gasteiger charge is -2.19. The van der Waals surface area contributed by atoms with Gasteiger partial charge in [-0.05, 0) is 25.5 Å². The molecule has 2 heteroatoms. The van der Waals surface area contributed by atoms with Crippen LogP contribution in [0.5, 0.6) is 0 Å². The molecule has 2 atom stereocenters. The summed E-state index contributed by atoms with van der Waals surface area (Å²) in [7, 11) is 0. The van der Waals surface area contributed by atoms with Crippen molar-refractivity contribution >= 4 is 11.8 Å². The van der Waals surface area contributed by atoms with E-state index in [1.165, 1.54) is 121 Å². The van der Waals surface area contributed by atoms with Crippen molar-refractivity contribution in [2.45, 2.75) is 148 Å². The quantitative estimate of drug-likeness (QED) is 0.199. The number of aliphatic hydroxyl groups excluding tert-OH is 1. The minimum atomic E-state index is -0.150. The van der Waals surface area contributed by atoms with Gasteiger partial charge < -0.3 is 5.11 Å². The summed E-state index contributed by atoms with van der Waals surface area (Å²) in [5, 5.41) is 10.4. The molecule has 0 aliphatic carbocycles. The van der Waals surface area contributed by atoms with Gasteiger partial charge in [0.15, 0.2) is 0 Å². The van der Waals surface area contributed by atoms with E-state index < -0.39 is 0 Å². The van der Waals surface area contributed by atoms with Crippen LogP contribution in [0.15, 0.2) is 0 Å². The summed E-state index contributed by atoms with van der Waals surface area (Å²) in [6.07, 6.45) is 24.8. The Morgan fingerprint density at radius 3 is 1.38 bits per heavy atom. The molecule has 0 aromatic heterocycles.